The minimum absolute atomic E-state index is 0.129. The van der Waals surface area contributed by atoms with Crippen LogP contribution in [-0.4, -0.2) is 15.4 Å². The molecule has 1 aliphatic rings. The largest absolute Gasteiger partial charge is 0.322 e. The van der Waals surface area contributed by atoms with E-state index >= 15 is 0 Å². The van der Waals surface area contributed by atoms with E-state index < -0.39 is 0 Å². The van der Waals surface area contributed by atoms with Crippen molar-refractivity contribution < 1.29 is 0 Å². The first-order chi connectivity index (χ1) is 9.04. The number of benzene rings is 1. The summed E-state index contributed by atoms with van der Waals surface area (Å²) in [5, 5.41) is 0. The summed E-state index contributed by atoms with van der Waals surface area (Å²) in [6.45, 7) is 4.65. The van der Waals surface area contributed by atoms with Crippen molar-refractivity contribution in [1.82, 2.24) is 9.55 Å². The topological polar surface area (TPSA) is 17.8 Å². The van der Waals surface area contributed by atoms with Gasteiger partial charge < -0.3 is 4.57 Å². The molecule has 0 amide bonds. The van der Waals surface area contributed by atoms with Gasteiger partial charge in [-0.3, -0.25) is 0 Å². The van der Waals surface area contributed by atoms with Gasteiger partial charge in [-0.05, 0) is 50.8 Å². The van der Waals surface area contributed by atoms with Crippen molar-refractivity contribution in [2.24, 2.45) is 5.92 Å². The van der Waals surface area contributed by atoms with Gasteiger partial charge in [-0.1, -0.05) is 15.9 Å². The monoisotopic (exact) mass is 340 g/mol. The average molecular weight is 342 g/mol. The standard InChI is InChI=1S/C15H18BrClN2/c1-15(2,10-3-4-10)19-13-6-5-11(16)9-12(13)18-14(19)7-8-17/h5-6,9-10H,3-4,7-8H2,1-2H3. The first kappa shape index (κ1) is 13.4. The summed E-state index contributed by atoms with van der Waals surface area (Å²) in [5.74, 6) is 2.49. The molecule has 1 aromatic carbocycles. The van der Waals surface area contributed by atoms with Crippen LogP contribution in [0.25, 0.3) is 11.0 Å². The maximum atomic E-state index is 5.95. The fraction of sp³-hybridized carbons (Fsp3) is 0.533. The van der Waals surface area contributed by atoms with Crippen LogP contribution in [0.4, 0.5) is 0 Å². The summed E-state index contributed by atoms with van der Waals surface area (Å²) in [4.78, 5) is 4.79. The number of imidazole rings is 1. The second-order valence-corrected chi connectivity index (χ2v) is 7.16. The third-order valence-corrected chi connectivity index (χ3v) is 4.84. The van der Waals surface area contributed by atoms with Crippen LogP contribution in [-0.2, 0) is 12.0 Å². The quantitative estimate of drug-likeness (QED) is 0.735. The van der Waals surface area contributed by atoms with Crippen LogP contribution >= 0.6 is 27.5 Å². The molecular formula is C15H18BrClN2. The highest BCUT2D eigenvalue weighted by molar-refractivity contribution is 9.10. The molecule has 4 heteroatoms. The second-order valence-electron chi connectivity index (χ2n) is 5.86. The van der Waals surface area contributed by atoms with E-state index in [-0.39, 0.29) is 5.54 Å². The number of nitrogens with zero attached hydrogens (tertiary/aromatic N) is 2. The van der Waals surface area contributed by atoms with Crippen molar-refractivity contribution in [3.8, 4) is 0 Å². The van der Waals surface area contributed by atoms with Crippen LogP contribution in [0.2, 0.25) is 0 Å². The zero-order valence-corrected chi connectivity index (χ0v) is 13.6. The van der Waals surface area contributed by atoms with Crippen LogP contribution in [0.1, 0.15) is 32.5 Å². The second kappa shape index (κ2) is 4.78. The Labute approximate surface area is 127 Å². The molecule has 0 N–H and O–H groups in total. The van der Waals surface area contributed by atoms with E-state index in [1.54, 1.807) is 0 Å². The van der Waals surface area contributed by atoms with Crippen molar-refractivity contribution in [3.63, 3.8) is 0 Å². The average Bonchev–Trinajstić information content (AvgIpc) is 3.12. The lowest BCUT2D eigenvalue weighted by Crippen LogP contribution is -2.30. The fourth-order valence-electron chi connectivity index (χ4n) is 2.97. The predicted octanol–water partition coefficient (Wildman–Crippen LogP) is 4.73. The first-order valence-electron chi connectivity index (χ1n) is 6.77. The van der Waals surface area contributed by atoms with Crippen molar-refractivity contribution in [2.75, 3.05) is 5.88 Å². The summed E-state index contributed by atoms with van der Waals surface area (Å²) in [6.07, 6.45) is 3.47. The minimum Gasteiger partial charge on any atom is -0.322 e. The first-order valence-corrected chi connectivity index (χ1v) is 8.10. The predicted molar refractivity (Wildman–Crippen MR) is 83.9 cm³/mol. The van der Waals surface area contributed by atoms with Gasteiger partial charge in [-0.15, -0.1) is 11.6 Å². The van der Waals surface area contributed by atoms with E-state index in [2.05, 4.69) is 52.5 Å². The van der Waals surface area contributed by atoms with E-state index in [0.29, 0.717) is 5.88 Å². The number of aromatic nitrogens is 2. The maximum Gasteiger partial charge on any atom is 0.111 e. The van der Waals surface area contributed by atoms with Gasteiger partial charge in [0.25, 0.3) is 0 Å². The van der Waals surface area contributed by atoms with Gasteiger partial charge in [0, 0.05) is 22.3 Å². The summed E-state index contributed by atoms with van der Waals surface area (Å²) < 4.78 is 3.49. The van der Waals surface area contributed by atoms with E-state index in [1.165, 1.54) is 18.4 Å². The Hall–Kier alpha value is -0.540. The lowest BCUT2D eigenvalue weighted by molar-refractivity contribution is 0.305. The molecule has 2 aromatic rings. The zero-order chi connectivity index (χ0) is 13.6. The third kappa shape index (κ3) is 2.31. The molecule has 1 fully saturated rings. The fourth-order valence-corrected chi connectivity index (χ4v) is 3.49. The summed E-state index contributed by atoms with van der Waals surface area (Å²) in [7, 11) is 0. The number of hydrogen-bond donors (Lipinski definition) is 0. The Bertz CT molecular complexity index is 614. The minimum atomic E-state index is 0.129. The van der Waals surface area contributed by atoms with Crippen molar-refractivity contribution in [1.29, 1.82) is 0 Å². The van der Waals surface area contributed by atoms with Crippen LogP contribution in [0.3, 0.4) is 0 Å². The molecule has 0 spiro atoms. The normalized spacial score (nSPS) is 16.2. The summed E-state index contributed by atoms with van der Waals surface area (Å²) in [6, 6.07) is 6.34. The number of alkyl halides is 1. The molecule has 1 aliphatic carbocycles. The molecule has 1 heterocycles. The molecule has 2 nitrogen and oxygen atoms in total. The van der Waals surface area contributed by atoms with Gasteiger partial charge >= 0.3 is 0 Å². The molecule has 102 valence electrons. The van der Waals surface area contributed by atoms with Crippen LogP contribution in [0.15, 0.2) is 22.7 Å². The van der Waals surface area contributed by atoms with Gasteiger partial charge in [0.1, 0.15) is 5.82 Å². The molecule has 1 saturated carbocycles. The van der Waals surface area contributed by atoms with E-state index in [1.807, 2.05) is 0 Å². The maximum absolute atomic E-state index is 5.95. The van der Waals surface area contributed by atoms with Crippen LogP contribution in [0, 0.1) is 5.92 Å². The molecular weight excluding hydrogens is 324 g/mol. The van der Waals surface area contributed by atoms with Crippen molar-refractivity contribution in [2.45, 2.75) is 38.6 Å². The van der Waals surface area contributed by atoms with Crippen LogP contribution < -0.4 is 0 Å². The highest BCUT2D eigenvalue weighted by Crippen LogP contribution is 2.45. The van der Waals surface area contributed by atoms with Gasteiger partial charge in [0.05, 0.1) is 11.0 Å². The zero-order valence-electron chi connectivity index (χ0n) is 11.3. The molecule has 0 aliphatic heterocycles. The number of rotatable bonds is 4. The van der Waals surface area contributed by atoms with Crippen LogP contribution in [0.5, 0.6) is 0 Å². The molecule has 3 rings (SSSR count). The summed E-state index contributed by atoms with van der Waals surface area (Å²) in [5.41, 5.74) is 2.41. The molecule has 0 atom stereocenters. The molecule has 0 bridgehead atoms. The van der Waals surface area contributed by atoms with E-state index in [4.69, 9.17) is 16.6 Å². The Morgan fingerprint density at radius 1 is 1.42 bits per heavy atom. The lowest BCUT2D eigenvalue weighted by atomic mass is 9.97. The highest BCUT2D eigenvalue weighted by atomic mass is 79.9. The Kier molecular flexibility index (Phi) is 3.38. The molecule has 19 heavy (non-hydrogen) atoms. The van der Waals surface area contributed by atoms with Crippen molar-refractivity contribution >= 4 is 38.6 Å². The highest BCUT2D eigenvalue weighted by Gasteiger charge is 2.40. The molecule has 0 radical (unpaired) electrons. The lowest BCUT2D eigenvalue weighted by Gasteiger charge is -2.29. The molecule has 0 saturated heterocycles. The SMILES string of the molecule is CC(C)(C1CC1)n1c(CCCl)nc2cc(Br)ccc21. The number of fused-ring (bicyclic) bond motifs is 1. The third-order valence-electron chi connectivity index (χ3n) is 4.16. The number of halogens is 2. The molecule has 0 unspecified atom stereocenters. The smallest absolute Gasteiger partial charge is 0.111 e. The number of hydrogen-bond acceptors (Lipinski definition) is 1. The Balaban J connectivity index is 2.21. The van der Waals surface area contributed by atoms with E-state index in [0.717, 1.165) is 28.2 Å². The van der Waals surface area contributed by atoms with Gasteiger partial charge in [-0.2, -0.15) is 0 Å². The molecule has 1 aromatic heterocycles. The Morgan fingerprint density at radius 3 is 2.79 bits per heavy atom. The van der Waals surface area contributed by atoms with Gasteiger partial charge in [-0.25, -0.2) is 4.98 Å². The van der Waals surface area contributed by atoms with Gasteiger partial charge in [0.15, 0.2) is 0 Å². The number of aryl methyl sites for hydroxylation is 1. The van der Waals surface area contributed by atoms with E-state index in [9.17, 15) is 0 Å². The summed E-state index contributed by atoms with van der Waals surface area (Å²) >= 11 is 9.47. The van der Waals surface area contributed by atoms with Crippen molar-refractivity contribution in [3.05, 3.63) is 28.5 Å². The van der Waals surface area contributed by atoms with Gasteiger partial charge in [0.2, 0.25) is 0 Å². The Morgan fingerprint density at radius 2 is 2.16 bits per heavy atom.